The van der Waals surface area contributed by atoms with Crippen molar-refractivity contribution >= 4 is 23.5 Å². The van der Waals surface area contributed by atoms with Crippen molar-refractivity contribution in [1.82, 2.24) is 9.97 Å². The lowest BCUT2D eigenvalue weighted by Gasteiger charge is -2.19. The third-order valence-corrected chi connectivity index (χ3v) is 3.66. The summed E-state index contributed by atoms with van der Waals surface area (Å²) in [6.07, 6.45) is 1.82. The number of anilines is 1. The summed E-state index contributed by atoms with van der Waals surface area (Å²) in [4.78, 5) is 20.8. The fourth-order valence-electron chi connectivity index (χ4n) is 1.76. The summed E-state index contributed by atoms with van der Waals surface area (Å²) < 4.78 is 5.31. The van der Waals surface area contributed by atoms with Gasteiger partial charge in [0.15, 0.2) is 0 Å². The Bertz CT molecular complexity index is 498. The van der Waals surface area contributed by atoms with Gasteiger partial charge in [-0.05, 0) is 34.1 Å². The van der Waals surface area contributed by atoms with Crippen LogP contribution in [-0.2, 0) is 16.0 Å². The molecular formula is C15H25N3O2S. The summed E-state index contributed by atoms with van der Waals surface area (Å²) >= 11 is 1.40. The number of hydrogen-bond donors (Lipinski definition) is 1. The van der Waals surface area contributed by atoms with Gasteiger partial charge in [-0.15, -0.1) is 0 Å². The molecule has 0 aromatic carbocycles. The minimum Gasteiger partial charge on any atom is -0.459 e. The molecule has 5 nitrogen and oxygen atoms in total. The van der Waals surface area contributed by atoms with Crippen LogP contribution >= 0.6 is 11.8 Å². The van der Waals surface area contributed by atoms with Gasteiger partial charge in [-0.25, -0.2) is 9.97 Å². The molecule has 118 valence electrons. The molecule has 0 aliphatic carbocycles. The molecule has 6 heteroatoms. The van der Waals surface area contributed by atoms with Crippen LogP contribution in [0.25, 0.3) is 0 Å². The molecule has 1 aromatic heterocycles. The molecule has 0 saturated heterocycles. The van der Waals surface area contributed by atoms with Crippen LogP contribution < -0.4 is 5.32 Å². The Morgan fingerprint density at radius 1 is 1.33 bits per heavy atom. The zero-order chi connectivity index (χ0) is 16.0. The van der Waals surface area contributed by atoms with E-state index in [1.54, 1.807) is 0 Å². The van der Waals surface area contributed by atoms with Gasteiger partial charge in [0.1, 0.15) is 22.3 Å². The summed E-state index contributed by atoms with van der Waals surface area (Å²) in [6.45, 7) is 9.65. The maximum atomic E-state index is 11.8. The number of carbonyl (C=O) groups excluding carboxylic acids is 1. The van der Waals surface area contributed by atoms with E-state index >= 15 is 0 Å². The molecule has 1 N–H and O–H groups in total. The summed E-state index contributed by atoms with van der Waals surface area (Å²) in [7, 11) is 1.84. The smallest absolute Gasteiger partial charge is 0.316 e. The highest BCUT2D eigenvalue weighted by Gasteiger charge is 2.18. The van der Waals surface area contributed by atoms with E-state index in [-0.39, 0.29) is 11.7 Å². The number of nitrogens with zero attached hydrogens (tertiary/aromatic N) is 2. The standard InChI is InChI=1S/C15H25N3O2S/c1-7-8-11-17-13(16-6)10(2)14(18-11)21-9-12(19)20-15(3,4)5/h7-9H2,1-6H3,(H,16,17,18). The molecular weight excluding hydrogens is 286 g/mol. The summed E-state index contributed by atoms with van der Waals surface area (Å²) in [5.41, 5.74) is 0.507. The van der Waals surface area contributed by atoms with Crippen molar-refractivity contribution in [3.8, 4) is 0 Å². The Balaban J connectivity index is 2.82. The molecule has 0 bridgehead atoms. The number of nitrogens with one attached hydrogen (secondary N) is 1. The molecule has 21 heavy (non-hydrogen) atoms. The van der Waals surface area contributed by atoms with E-state index in [1.807, 2.05) is 34.7 Å². The zero-order valence-electron chi connectivity index (χ0n) is 13.7. The van der Waals surface area contributed by atoms with E-state index in [1.165, 1.54) is 11.8 Å². The van der Waals surface area contributed by atoms with Gasteiger partial charge in [-0.2, -0.15) is 0 Å². The molecule has 0 saturated carbocycles. The molecule has 0 fully saturated rings. The Kier molecular flexibility index (Phi) is 6.45. The predicted molar refractivity (Wildman–Crippen MR) is 86.9 cm³/mol. The highest BCUT2D eigenvalue weighted by atomic mass is 32.2. The largest absolute Gasteiger partial charge is 0.459 e. The molecule has 1 aromatic rings. The Labute approximate surface area is 131 Å². The van der Waals surface area contributed by atoms with Crippen molar-refractivity contribution < 1.29 is 9.53 Å². The molecule has 0 atom stereocenters. The van der Waals surface area contributed by atoms with Gasteiger partial charge in [0.05, 0.1) is 5.75 Å². The number of ether oxygens (including phenoxy) is 1. The van der Waals surface area contributed by atoms with Gasteiger partial charge in [0, 0.05) is 19.0 Å². The molecule has 0 aliphatic heterocycles. The van der Waals surface area contributed by atoms with Gasteiger partial charge >= 0.3 is 5.97 Å². The van der Waals surface area contributed by atoms with Crippen molar-refractivity contribution in [2.45, 2.75) is 58.1 Å². The van der Waals surface area contributed by atoms with Gasteiger partial charge in [-0.3, -0.25) is 4.79 Å². The van der Waals surface area contributed by atoms with E-state index < -0.39 is 5.60 Å². The minimum atomic E-state index is -0.456. The first-order valence-electron chi connectivity index (χ1n) is 7.16. The highest BCUT2D eigenvalue weighted by Crippen LogP contribution is 2.25. The number of esters is 1. The average molecular weight is 311 g/mol. The second kappa shape index (κ2) is 7.64. The number of carbonyl (C=O) groups is 1. The lowest BCUT2D eigenvalue weighted by atomic mass is 10.2. The maximum Gasteiger partial charge on any atom is 0.316 e. The van der Waals surface area contributed by atoms with Gasteiger partial charge in [-0.1, -0.05) is 18.7 Å². The van der Waals surface area contributed by atoms with E-state index in [0.717, 1.165) is 35.1 Å². The number of aromatic nitrogens is 2. The third kappa shape index (κ3) is 5.91. The first kappa shape index (κ1) is 17.8. The minimum absolute atomic E-state index is 0.228. The zero-order valence-corrected chi connectivity index (χ0v) is 14.6. The van der Waals surface area contributed by atoms with Crippen LogP contribution in [0, 0.1) is 6.92 Å². The number of aryl methyl sites for hydroxylation is 1. The van der Waals surface area contributed by atoms with Crippen molar-refractivity contribution in [1.29, 1.82) is 0 Å². The van der Waals surface area contributed by atoms with Crippen LogP contribution in [0.2, 0.25) is 0 Å². The third-order valence-electron chi connectivity index (χ3n) is 2.60. The Hall–Kier alpha value is -1.30. The quantitative estimate of drug-likeness (QED) is 0.494. The van der Waals surface area contributed by atoms with E-state index in [9.17, 15) is 4.79 Å². The second-order valence-electron chi connectivity index (χ2n) is 5.79. The molecule has 0 unspecified atom stereocenters. The van der Waals surface area contributed by atoms with Crippen LogP contribution in [-0.4, -0.2) is 34.3 Å². The molecule has 0 spiro atoms. The highest BCUT2D eigenvalue weighted by molar-refractivity contribution is 7.99. The van der Waals surface area contributed by atoms with E-state index in [0.29, 0.717) is 0 Å². The van der Waals surface area contributed by atoms with Gasteiger partial charge in [0.2, 0.25) is 0 Å². The fraction of sp³-hybridized carbons (Fsp3) is 0.667. The summed E-state index contributed by atoms with van der Waals surface area (Å²) in [5.74, 6) is 1.65. The SMILES string of the molecule is CCCc1nc(NC)c(C)c(SCC(=O)OC(C)(C)C)n1. The van der Waals surface area contributed by atoms with Crippen molar-refractivity contribution in [2.75, 3.05) is 18.1 Å². The average Bonchev–Trinajstić information content (AvgIpc) is 2.37. The van der Waals surface area contributed by atoms with E-state index in [2.05, 4.69) is 22.2 Å². The van der Waals surface area contributed by atoms with E-state index in [4.69, 9.17) is 4.74 Å². The number of hydrogen-bond acceptors (Lipinski definition) is 6. The number of rotatable bonds is 6. The summed E-state index contributed by atoms with van der Waals surface area (Å²) in [6, 6.07) is 0. The number of thioether (sulfide) groups is 1. The van der Waals surface area contributed by atoms with Crippen molar-refractivity contribution in [3.05, 3.63) is 11.4 Å². The molecule has 0 radical (unpaired) electrons. The first-order valence-corrected chi connectivity index (χ1v) is 8.15. The second-order valence-corrected chi connectivity index (χ2v) is 6.76. The van der Waals surface area contributed by atoms with Crippen LogP contribution in [0.15, 0.2) is 5.03 Å². The van der Waals surface area contributed by atoms with Gasteiger partial charge in [0.25, 0.3) is 0 Å². The monoisotopic (exact) mass is 311 g/mol. The fourth-order valence-corrected chi connectivity index (χ4v) is 2.55. The van der Waals surface area contributed by atoms with Crippen molar-refractivity contribution in [3.63, 3.8) is 0 Å². The van der Waals surface area contributed by atoms with Crippen LogP contribution in [0.5, 0.6) is 0 Å². The topological polar surface area (TPSA) is 64.1 Å². The maximum absolute atomic E-state index is 11.8. The van der Waals surface area contributed by atoms with Gasteiger partial charge < -0.3 is 10.1 Å². The Morgan fingerprint density at radius 2 is 2.00 bits per heavy atom. The van der Waals surface area contributed by atoms with Crippen LogP contribution in [0.4, 0.5) is 5.82 Å². The summed E-state index contributed by atoms with van der Waals surface area (Å²) in [5, 5.41) is 3.92. The lowest BCUT2D eigenvalue weighted by molar-refractivity contribution is -0.151. The lowest BCUT2D eigenvalue weighted by Crippen LogP contribution is -2.25. The first-order chi connectivity index (χ1) is 9.76. The molecule has 0 aliphatic rings. The molecule has 0 amide bonds. The van der Waals surface area contributed by atoms with Crippen LogP contribution in [0.3, 0.4) is 0 Å². The molecule has 1 rings (SSSR count). The van der Waals surface area contributed by atoms with Crippen molar-refractivity contribution in [2.24, 2.45) is 0 Å². The Morgan fingerprint density at radius 3 is 2.52 bits per heavy atom. The molecule has 1 heterocycles. The van der Waals surface area contributed by atoms with Crippen LogP contribution in [0.1, 0.15) is 45.5 Å². The normalized spacial score (nSPS) is 11.3. The predicted octanol–water partition coefficient (Wildman–Crippen LogP) is 3.21.